The van der Waals surface area contributed by atoms with E-state index in [1.807, 2.05) is 57.2 Å². The van der Waals surface area contributed by atoms with E-state index in [9.17, 15) is 9.59 Å². The summed E-state index contributed by atoms with van der Waals surface area (Å²) < 4.78 is 7.23. The molecule has 1 aliphatic heterocycles. The quantitative estimate of drug-likeness (QED) is 0.379. The molecule has 176 valence electrons. The van der Waals surface area contributed by atoms with Crippen LogP contribution in [0.1, 0.15) is 37.0 Å². The summed E-state index contributed by atoms with van der Waals surface area (Å²) in [6.45, 7) is 6.34. The van der Waals surface area contributed by atoms with Gasteiger partial charge in [-0.1, -0.05) is 49.1 Å². The van der Waals surface area contributed by atoms with Crippen molar-refractivity contribution in [1.82, 2.24) is 14.3 Å². The van der Waals surface area contributed by atoms with Crippen molar-refractivity contribution in [3.63, 3.8) is 0 Å². The molecule has 7 nitrogen and oxygen atoms in total. The lowest BCUT2D eigenvalue weighted by Gasteiger charge is -2.21. The number of benzene rings is 1. The largest absolute Gasteiger partial charge is 0.497 e. The molecule has 9 heteroatoms. The van der Waals surface area contributed by atoms with Gasteiger partial charge in [-0.15, -0.1) is 0 Å². The number of methoxy groups -OCH3 is 1. The van der Waals surface area contributed by atoms with Crippen LogP contribution in [0.5, 0.6) is 5.75 Å². The first-order valence-corrected chi connectivity index (χ1v) is 12.2. The molecule has 1 unspecified atom stereocenters. The number of aromatic nitrogens is 2. The molecule has 0 radical (unpaired) electrons. The summed E-state index contributed by atoms with van der Waals surface area (Å²) in [5.41, 5.74) is 2.53. The van der Waals surface area contributed by atoms with E-state index in [-0.39, 0.29) is 17.5 Å². The van der Waals surface area contributed by atoms with Gasteiger partial charge in [0.25, 0.3) is 11.5 Å². The average molecular weight is 495 g/mol. The van der Waals surface area contributed by atoms with E-state index < -0.39 is 0 Å². The van der Waals surface area contributed by atoms with Crippen molar-refractivity contribution in [2.24, 2.45) is 0 Å². The minimum Gasteiger partial charge on any atom is -0.497 e. The number of anilines is 1. The molecule has 1 N–H and O–H groups in total. The molecule has 0 saturated carbocycles. The zero-order valence-corrected chi connectivity index (χ0v) is 21.1. The maximum absolute atomic E-state index is 13.5. The highest BCUT2D eigenvalue weighted by Gasteiger charge is 2.35. The summed E-state index contributed by atoms with van der Waals surface area (Å²) in [5, 5.41) is 3.28. The van der Waals surface area contributed by atoms with Crippen LogP contribution in [0.2, 0.25) is 0 Å². The van der Waals surface area contributed by atoms with E-state index in [2.05, 4.69) is 5.32 Å². The van der Waals surface area contributed by atoms with Gasteiger partial charge in [-0.3, -0.25) is 18.9 Å². The molecule has 3 aromatic rings. The van der Waals surface area contributed by atoms with Gasteiger partial charge in [0.2, 0.25) is 0 Å². The molecule has 1 saturated heterocycles. The van der Waals surface area contributed by atoms with Gasteiger partial charge >= 0.3 is 0 Å². The van der Waals surface area contributed by atoms with Crippen molar-refractivity contribution >= 4 is 51.7 Å². The fourth-order valence-corrected chi connectivity index (χ4v) is 5.07. The fraction of sp³-hybridized carbons (Fsp3) is 0.280. The third-order valence-corrected chi connectivity index (χ3v) is 7.09. The molecular weight excluding hydrogens is 468 g/mol. The predicted octanol–water partition coefficient (Wildman–Crippen LogP) is 4.62. The van der Waals surface area contributed by atoms with Crippen LogP contribution >= 0.6 is 24.0 Å². The van der Waals surface area contributed by atoms with E-state index >= 15 is 0 Å². The molecule has 0 aliphatic carbocycles. The van der Waals surface area contributed by atoms with Crippen LogP contribution in [0.3, 0.4) is 0 Å². The number of fused-ring (bicyclic) bond motifs is 1. The van der Waals surface area contributed by atoms with Crippen LogP contribution in [0.15, 0.2) is 52.3 Å². The number of amides is 1. The first kappa shape index (κ1) is 24.0. The molecule has 0 spiro atoms. The minimum absolute atomic E-state index is 0.00968. The summed E-state index contributed by atoms with van der Waals surface area (Å²) in [4.78, 5) is 33.3. The number of hydrogen-bond acceptors (Lipinski definition) is 7. The van der Waals surface area contributed by atoms with Crippen molar-refractivity contribution in [2.75, 3.05) is 12.4 Å². The Morgan fingerprint density at radius 3 is 2.62 bits per heavy atom. The second kappa shape index (κ2) is 9.99. The van der Waals surface area contributed by atoms with E-state index in [4.69, 9.17) is 21.9 Å². The number of nitrogens with zero attached hydrogens (tertiary/aromatic N) is 3. The highest BCUT2D eigenvalue weighted by Crippen LogP contribution is 2.35. The summed E-state index contributed by atoms with van der Waals surface area (Å²) in [6, 6.07) is 11.4. The summed E-state index contributed by atoms with van der Waals surface area (Å²) in [6.07, 6.45) is 4.15. The molecule has 3 heterocycles. The number of aryl methyl sites for hydroxylation is 1. The van der Waals surface area contributed by atoms with Crippen molar-refractivity contribution in [2.45, 2.75) is 39.8 Å². The third kappa shape index (κ3) is 4.71. The van der Waals surface area contributed by atoms with E-state index in [1.54, 1.807) is 24.3 Å². The number of pyridine rings is 1. The number of thiocarbonyl (C=S) groups is 1. The number of thioether (sulfide) groups is 1. The standard InChI is InChI=1S/C25H26N4O3S2/c1-5-16(3)29-24(31)20(34-25(29)33)12-19-22(26-13-17-7-9-18(32-4)10-8-17)27-21-11-6-15(2)14-28(21)23(19)30/h6-12,14,16,26H,5,13H2,1-4H3/b20-12+. The number of carbonyl (C=O) groups is 1. The highest BCUT2D eigenvalue weighted by atomic mass is 32.2. The van der Waals surface area contributed by atoms with Gasteiger partial charge in [-0.2, -0.15) is 0 Å². The van der Waals surface area contributed by atoms with Crippen LogP contribution in [0, 0.1) is 6.92 Å². The van der Waals surface area contributed by atoms with Gasteiger partial charge in [0.05, 0.1) is 17.6 Å². The number of hydrogen-bond donors (Lipinski definition) is 1. The smallest absolute Gasteiger partial charge is 0.267 e. The number of rotatable bonds is 7. The molecule has 1 atom stereocenters. The van der Waals surface area contributed by atoms with Crippen molar-refractivity contribution < 1.29 is 9.53 Å². The van der Waals surface area contributed by atoms with Gasteiger partial charge < -0.3 is 10.1 Å². The van der Waals surface area contributed by atoms with Gasteiger partial charge in [0.15, 0.2) is 0 Å². The maximum Gasteiger partial charge on any atom is 0.267 e. The number of ether oxygens (including phenoxy) is 1. The SMILES string of the molecule is CCC(C)N1C(=O)/C(=C\c2c(NCc3ccc(OC)cc3)nc3ccc(C)cn3c2=O)SC1=S. The summed E-state index contributed by atoms with van der Waals surface area (Å²) in [7, 11) is 1.62. The maximum atomic E-state index is 13.5. The minimum atomic E-state index is -0.250. The molecule has 1 aliphatic rings. The molecule has 34 heavy (non-hydrogen) atoms. The van der Waals surface area contributed by atoms with Gasteiger partial charge in [0.1, 0.15) is 21.5 Å². The Labute approximate surface area is 207 Å². The third-order valence-electron chi connectivity index (χ3n) is 5.76. The van der Waals surface area contributed by atoms with Gasteiger partial charge in [-0.05, 0) is 55.7 Å². The van der Waals surface area contributed by atoms with Crippen LogP contribution < -0.4 is 15.6 Å². The molecule has 2 aromatic heterocycles. The van der Waals surface area contributed by atoms with Crippen LogP contribution in [-0.2, 0) is 11.3 Å². The Kier molecular flexibility index (Phi) is 7.04. The number of nitrogens with one attached hydrogen (secondary N) is 1. The van der Waals surface area contributed by atoms with Crippen LogP contribution in [0.25, 0.3) is 11.7 Å². The first-order valence-electron chi connectivity index (χ1n) is 11.0. The van der Waals surface area contributed by atoms with E-state index in [0.29, 0.717) is 32.8 Å². The molecule has 1 fully saturated rings. The van der Waals surface area contributed by atoms with E-state index in [0.717, 1.165) is 23.3 Å². The zero-order valence-electron chi connectivity index (χ0n) is 19.5. The lowest BCUT2D eigenvalue weighted by atomic mass is 10.2. The van der Waals surface area contributed by atoms with Crippen LogP contribution in [0.4, 0.5) is 5.82 Å². The first-order chi connectivity index (χ1) is 16.3. The summed E-state index contributed by atoms with van der Waals surface area (Å²) >= 11 is 6.67. The second-order valence-corrected chi connectivity index (χ2v) is 9.80. The van der Waals surface area contributed by atoms with Crippen LogP contribution in [-0.4, -0.2) is 37.7 Å². The second-order valence-electron chi connectivity index (χ2n) is 8.12. The van der Waals surface area contributed by atoms with Gasteiger partial charge in [-0.25, -0.2) is 4.98 Å². The van der Waals surface area contributed by atoms with Crippen molar-refractivity contribution in [3.05, 3.63) is 74.5 Å². The Balaban J connectivity index is 1.76. The van der Waals surface area contributed by atoms with Crippen molar-refractivity contribution in [3.8, 4) is 5.75 Å². The molecule has 4 rings (SSSR count). The van der Waals surface area contributed by atoms with E-state index in [1.165, 1.54) is 16.2 Å². The Morgan fingerprint density at radius 2 is 1.94 bits per heavy atom. The molecule has 1 aromatic carbocycles. The molecule has 1 amide bonds. The highest BCUT2D eigenvalue weighted by molar-refractivity contribution is 8.26. The molecule has 0 bridgehead atoms. The van der Waals surface area contributed by atoms with Crippen molar-refractivity contribution in [1.29, 1.82) is 0 Å². The monoisotopic (exact) mass is 494 g/mol. The number of carbonyl (C=O) groups excluding carboxylic acids is 1. The normalized spacial score (nSPS) is 15.9. The lowest BCUT2D eigenvalue weighted by molar-refractivity contribution is -0.123. The zero-order chi connectivity index (χ0) is 24.4. The molecular formula is C25H26N4O3S2. The Hall–Kier alpha value is -3.17. The Morgan fingerprint density at radius 1 is 1.21 bits per heavy atom. The summed E-state index contributed by atoms with van der Waals surface area (Å²) in [5.74, 6) is 1.00. The topological polar surface area (TPSA) is 75.9 Å². The lowest BCUT2D eigenvalue weighted by Crippen LogP contribution is -2.36. The van der Waals surface area contributed by atoms with Gasteiger partial charge in [0, 0.05) is 18.8 Å². The fourth-order valence-electron chi connectivity index (χ4n) is 3.63. The predicted molar refractivity (Wildman–Crippen MR) is 141 cm³/mol. The Bertz CT molecular complexity index is 1350. The average Bonchev–Trinajstić information content (AvgIpc) is 3.12.